The fourth-order valence-electron chi connectivity index (χ4n) is 1.41. The zero-order chi connectivity index (χ0) is 17.7. The van der Waals surface area contributed by atoms with Crippen LogP contribution in [0.4, 0.5) is 30.7 Å². The van der Waals surface area contributed by atoms with E-state index in [-0.39, 0.29) is 0 Å². The van der Waals surface area contributed by atoms with Gasteiger partial charge in [-0.05, 0) is 0 Å². The molecule has 0 N–H and O–H groups in total. The van der Waals surface area contributed by atoms with Gasteiger partial charge in [-0.25, -0.2) is 0 Å². The summed E-state index contributed by atoms with van der Waals surface area (Å²) in [5.41, 5.74) is 0. The first-order valence-electron chi connectivity index (χ1n) is 5.96. The van der Waals surface area contributed by atoms with E-state index in [9.17, 15) is 30.7 Å². The van der Waals surface area contributed by atoms with Crippen molar-refractivity contribution in [1.29, 1.82) is 0 Å². The maximum Gasteiger partial charge on any atom is 0.500 e. The molecule has 0 aliphatic heterocycles. The Hall–Kier alpha value is -0.433. The second-order valence-corrected chi connectivity index (χ2v) is 7.32. The third-order valence-electron chi connectivity index (χ3n) is 2.77. The number of halogens is 7. The molecule has 0 aromatic carbocycles. The predicted molar refractivity (Wildman–Crippen MR) is 62.7 cm³/mol. The first kappa shape index (κ1) is 21.6. The van der Waals surface area contributed by atoms with E-state index in [2.05, 4.69) is 4.74 Å². The fraction of sp³-hybridized carbons (Fsp3) is 1.00. The number of ether oxygens (including phenoxy) is 1. The molecule has 0 fully saturated rings. The van der Waals surface area contributed by atoms with Crippen LogP contribution in [0, 0.1) is 0 Å². The van der Waals surface area contributed by atoms with E-state index in [1.165, 1.54) is 0 Å². The molecule has 0 heterocycles. The quantitative estimate of drug-likeness (QED) is 0.441. The van der Waals surface area contributed by atoms with Crippen molar-refractivity contribution in [2.24, 2.45) is 0 Å². The zero-order valence-corrected chi connectivity index (χ0v) is 13.1. The van der Waals surface area contributed by atoms with E-state index in [4.69, 9.17) is 13.3 Å². The molecular formula is C10H17F7O4Si. The summed E-state index contributed by atoms with van der Waals surface area (Å²) in [5, 5.41) is 0. The second kappa shape index (κ2) is 7.90. The lowest BCUT2D eigenvalue weighted by molar-refractivity contribution is -0.351. The van der Waals surface area contributed by atoms with Gasteiger partial charge in [0.15, 0.2) is 0 Å². The molecule has 0 aliphatic rings. The number of alkyl halides is 7. The lowest BCUT2D eigenvalue weighted by atomic mass is 10.2. The van der Waals surface area contributed by atoms with Crippen molar-refractivity contribution in [2.45, 2.75) is 37.1 Å². The van der Waals surface area contributed by atoms with Gasteiger partial charge in [0.05, 0.1) is 13.0 Å². The molecule has 0 saturated heterocycles. The van der Waals surface area contributed by atoms with Gasteiger partial charge in [-0.15, -0.1) is 0 Å². The van der Waals surface area contributed by atoms with Crippen LogP contribution in [0.3, 0.4) is 0 Å². The average Bonchev–Trinajstić information content (AvgIpc) is 2.39. The van der Waals surface area contributed by atoms with Crippen LogP contribution in [0.25, 0.3) is 0 Å². The molecule has 0 atom stereocenters. The Kier molecular flexibility index (Phi) is 7.75. The molecule has 134 valence electrons. The van der Waals surface area contributed by atoms with Crippen LogP contribution in [0.1, 0.15) is 12.8 Å². The fourth-order valence-corrected chi connectivity index (χ4v) is 3.14. The van der Waals surface area contributed by atoms with Crippen LogP contribution >= 0.6 is 0 Å². The molecule has 0 saturated carbocycles. The summed E-state index contributed by atoms with van der Waals surface area (Å²) in [4.78, 5) is 0. The average molecular weight is 362 g/mol. The van der Waals surface area contributed by atoms with Crippen LogP contribution in [0.5, 0.6) is 0 Å². The maximum atomic E-state index is 13.5. The van der Waals surface area contributed by atoms with Crippen molar-refractivity contribution in [1.82, 2.24) is 0 Å². The Labute approximate surface area is 123 Å². The summed E-state index contributed by atoms with van der Waals surface area (Å²) in [7, 11) is -0.197. The zero-order valence-electron chi connectivity index (χ0n) is 12.1. The van der Waals surface area contributed by atoms with Crippen molar-refractivity contribution < 1.29 is 48.7 Å². The van der Waals surface area contributed by atoms with Gasteiger partial charge in [-0.2, -0.15) is 30.7 Å². The van der Waals surface area contributed by atoms with Gasteiger partial charge in [0, 0.05) is 33.8 Å². The SMILES string of the molecule is CO[Si](CCC(F)(F)C(F)(F)OCCC(F)(F)F)(OC)OC. The van der Waals surface area contributed by atoms with Crippen LogP contribution < -0.4 is 0 Å². The first-order valence-corrected chi connectivity index (χ1v) is 7.90. The van der Waals surface area contributed by atoms with Gasteiger partial charge >= 0.3 is 27.0 Å². The van der Waals surface area contributed by atoms with Crippen LogP contribution in [-0.4, -0.2) is 54.9 Å². The van der Waals surface area contributed by atoms with Gasteiger partial charge in [-0.3, -0.25) is 0 Å². The van der Waals surface area contributed by atoms with E-state index < -0.39 is 52.5 Å². The Bertz CT molecular complexity index is 325. The normalized spacial score (nSPS) is 14.5. The summed E-state index contributed by atoms with van der Waals surface area (Å²) in [6.45, 7) is -1.58. The standard InChI is InChI=1S/C10H17F7O4Si/c1-18-22(19-2,20-3)7-5-8(11,12)10(16,17)21-6-4-9(13,14)15/h4-7H2,1-3H3. The Morgan fingerprint density at radius 3 is 1.59 bits per heavy atom. The third kappa shape index (κ3) is 6.36. The minimum absolute atomic E-state index is 0.665. The molecule has 0 bridgehead atoms. The van der Waals surface area contributed by atoms with Crippen LogP contribution in [0.2, 0.25) is 6.04 Å². The van der Waals surface area contributed by atoms with Crippen molar-refractivity contribution in [3.05, 3.63) is 0 Å². The largest absolute Gasteiger partial charge is 0.500 e. The topological polar surface area (TPSA) is 36.9 Å². The van der Waals surface area contributed by atoms with Crippen molar-refractivity contribution in [3.8, 4) is 0 Å². The lowest BCUT2D eigenvalue weighted by Gasteiger charge is -2.29. The van der Waals surface area contributed by atoms with Gasteiger partial charge in [0.1, 0.15) is 0 Å². The molecule has 0 aromatic heterocycles. The maximum absolute atomic E-state index is 13.5. The van der Waals surface area contributed by atoms with E-state index >= 15 is 0 Å². The van der Waals surface area contributed by atoms with Crippen molar-refractivity contribution in [3.63, 3.8) is 0 Å². The molecule has 0 spiro atoms. The Morgan fingerprint density at radius 2 is 1.23 bits per heavy atom. The Balaban J connectivity index is 4.69. The van der Waals surface area contributed by atoms with E-state index in [1.807, 2.05) is 0 Å². The lowest BCUT2D eigenvalue weighted by Crippen LogP contribution is -2.48. The van der Waals surface area contributed by atoms with Gasteiger partial charge in [-0.1, -0.05) is 0 Å². The predicted octanol–water partition coefficient (Wildman–Crippen LogP) is 3.45. The van der Waals surface area contributed by atoms with Crippen molar-refractivity contribution >= 4 is 8.80 Å². The van der Waals surface area contributed by atoms with Crippen LogP contribution in [-0.2, 0) is 18.0 Å². The first-order chi connectivity index (χ1) is 9.85. The van der Waals surface area contributed by atoms with E-state index in [0.29, 0.717) is 0 Å². The molecule has 0 aromatic rings. The molecule has 0 radical (unpaired) electrons. The molecule has 12 heteroatoms. The van der Waals surface area contributed by atoms with Crippen molar-refractivity contribution in [2.75, 3.05) is 27.9 Å². The third-order valence-corrected chi connectivity index (χ3v) is 5.50. The summed E-state index contributed by atoms with van der Waals surface area (Å²) < 4.78 is 107. The van der Waals surface area contributed by atoms with Gasteiger partial charge in [0.25, 0.3) is 0 Å². The van der Waals surface area contributed by atoms with E-state index in [0.717, 1.165) is 21.3 Å². The molecule has 4 nitrogen and oxygen atoms in total. The van der Waals surface area contributed by atoms with E-state index in [1.54, 1.807) is 0 Å². The summed E-state index contributed by atoms with van der Waals surface area (Å²) in [5.74, 6) is -4.70. The summed E-state index contributed by atoms with van der Waals surface area (Å²) >= 11 is 0. The minimum atomic E-state index is -5.05. The van der Waals surface area contributed by atoms with Gasteiger partial charge in [0.2, 0.25) is 0 Å². The highest BCUT2D eigenvalue weighted by atomic mass is 28.4. The smallest absolute Gasteiger partial charge is 0.377 e. The van der Waals surface area contributed by atoms with Crippen LogP contribution in [0.15, 0.2) is 0 Å². The number of hydrogen-bond acceptors (Lipinski definition) is 4. The number of rotatable bonds is 10. The summed E-state index contributed by atoms with van der Waals surface area (Å²) in [6, 6.07) is -0.665. The molecule has 0 aliphatic carbocycles. The van der Waals surface area contributed by atoms with Gasteiger partial charge < -0.3 is 18.0 Å². The molecule has 0 unspecified atom stereocenters. The highest BCUT2D eigenvalue weighted by Crippen LogP contribution is 2.40. The monoisotopic (exact) mass is 362 g/mol. The Morgan fingerprint density at radius 1 is 0.773 bits per heavy atom. The minimum Gasteiger partial charge on any atom is -0.377 e. The molecular weight excluding hydrogens is 345 g/mol. The highest BCUT2D eigenvalue weighted by Gasteiger charge is 2.59. The molecule has 22 heavy (non-hydrogen) atoms. The molecule has 0 amide bonds. The summed E-state index contributed by atoms with van der Waals surface area (Å²) in [6.07, 6.45) is -13.0. The molecule has 0 rings (SSSR count). The highest BCUT2D eigenvalue weighted by molar-refractivity contribution is 6.60. The number of hydrogen-bond donors (Lipinski definition) is 0. The second-order valence-electron chi connectivity index (χ2n) is 4.23.